The lowest BCUT2D eigenvalue weighted by Gasteiger charge is -2.61. The molecule has 0 aromatic heterocycles. The highest BCUT2D eigenvalue weighted by atomic mass is 16.4. The molecule has 2 saturated carbocycles. The SMILES string of the molecule is CC(=CCC[C@@H](C)[C@H]1CC[C@@]2(C)C3=C(CC[C@]12C)[C@@]1(C)CCC(=O)C(C)(C)C1CC3)C(=O)O. The molecule has 0 bridgehead atoms. The molecule has 0 aromatic carbocycles. The van der Waals surface area contributed by atoms with Crippen LogP contribution in [-0.4, -0.2) is 16.9 Å². The Morgan fingerprint density at radius 2 is 1.73 bits per heavy atom. The van der Waals surface area contributed by atoms with E-state index in [-0.39, 0.29) is 16.2 Å². The number of hydrogen-bond acceptors (Lipinski definition) is 2. The van der Waals surface area contributed by atoms with Crippen molar-refractivity contribution in [2.75, 3.05) is 0 Å². The van der Waals surface area contributed by atoms with Crippen LogP contribution in [0.5, 0.6) is 0 Å². The van der Waals surface area contributed by atoms with Crippen LogP contribution >= 0.6 is 0 Å². The molecule has 2 fully saturated rings. The molecule has 3 heteroatoms. The molecular weight excluding hydrogens is 408 g/mol. The van der Waals surface area contributed by atoms with Gasteiger partial charge in [0.1, 0.15) is 5.78 Å². The van der Waals surface area contributed by atoms with Gasteiger partial charge in [-0.2, -0.15) is 0 Å². The van der Waals surface area contributed by atoms with Gasteiger partial charge in [0.05, 0.1) is 0 Å². The molecule has 0 aromatic rings. The predicted molar refractivity (Wildman–Crippen MR) is 134 cm³/mol. The summed E-state index contributed by atoms with van der Waals surface area (Å²) in [6.07, 6.45) is 13.0. The first-order valence-electron chi connectivity index (χ1n) is 13.5. The molecule has 4 aliphatic carbocycles. The van der Waals surface area contributed by atoms with Crippen molar-refractivity contribution in [1.82, 2.24) is 0 Å². The first-order valence-corrected chi connectivity index (χ1v) is 13.5. The number of rotatable bonds is 5. The van der Waals surface area contributed by atoms with Crippen molar-refractivity contribution in [3.05, 3.63) is 22.8 Å². The zero-order valence-corrected chi connectivity index (χ0v) is 22.1. The monoisotopic (exact) mass is 454 g/mol. The number of ketones is 1. The summed E-state index contributed by atoms with van der Waals surface area (Å²) in [7, 11) is 0. The number of carbonyl (C=O) groups excluding carboxylic acids is 1. The highest BCUT2D eigenvalue weighted by Crippen LogP contribution is 2.72. The van der Waals surface area contributed by atoms with Gasteiger partial charge in [-0.25, -0.2) is 4.79 Å². The number of allylic oxidation sites excluding steroid dienone is 3. The smallest absolute Gasteiger partial charge is 0.330 e. The fourth-order valence-corrected chi connectivity index (χ4v) is 9.29. The maximum Gasteiger partial charge on any atom is 0.330 e. The van der Waals surface area contributed by atoms with E-state index in [1.165, 1.54) is 38.5 Å². The van der Waals surface area contributed by atoms with E-state index in [1.54, 1.807) is 18.1 Å². The van der Waals surface area contributed by atoms with E-state index in [0.717, 1.165) is 25.7 Å². The van der Waals surface area contributed by atoms with Gasteiger partial charge in [-0.3, -0.25) is 4.79 Å². The molecule has 184 valence electrons. The Bertz CT molecular complexity index is 908. The van der Waals surface area contributed by atoms with Crippen molar-refractivity contribution in [3.63, 3.8) is 0 Å². The van der Waals surface area contributed by atoms with E-state index in [1.807, 2.05) is 6.08 Å². The number of Topliss-reactive ketones (excluding diaryl/α,β-unsaturated/α-hetero) is 1. The highest BCUT2D eigenvalue weighted by Gasteiger charge is 2.63. The fraction of sp³-hybridized carbons (Fsp3) is 0.800. The fourth-order valence-electron chi connectivity index (χ4n) is 9.29. The Hall–Kier alpha value is -1.38. The van der Waals surface area contributed by atoms with E-state index < -0.39 is 5.97 Å². The average molecular weight is 455 g/mol. The molecular formula is C30H46O3. The number of carbonyl (C=O) groups is 2. The molecule has 0 heterocycles. The summed E-state index contributed by atoms with van der Waals surface area (Å²) in [5, 5.41) is 9.16. The van der Waals surface area contributed by atoms with Crippen LogP contribution < -0.4 is 0 Å². The van der Waals surface area contributed by atoms with Crippen LogP contribution in [-0.2, 0) is 9.59 Å². The number of carboxylic acid groups (broad SMARTS) is 1. The minimum Gasteiger partial charge on any atom is -0.478 e. The topological polar surface area (TPSA) is 54.4 Å². The number of hydrogen-bond donors (Lipinski definition) is 1. The van der Waals surface area contributed by atoms with Crippen LogP contribution in [0.4, 0.5) is 0 Å². The number of aliphatic carboxylic acids is 1. The van der Waals surface area contributed by atoms with Crippen LogP contribution in [0.2, 0.25) is 0 Å². The lowest BCUT2D eigenvalue weighted by molar-refractivity contribution is -0.139. The summed E-state index contributed by atoms with van der Waals surface area (Å²) in [5.74, 6) is 1.47. The van der Waals surface area contributed by atoms with Crippen LogP contribution in [0.1, 0.15) is 113 Å². The summed E-state index contributed by atoms with van der Waals surface area (Å²) in [5.41, 5.74) is 4.58. The Morgan fingerprint density at radius 3 is 2.39 bits per heavy atom. The third kappa shape index (κ3) is 3.50. The van der Waals surface area contributed by atoms with Gasteiger partial charge in [-0.1, -0.05) is 58.8 Å². The van der Waals surface area contributed by atoms with Gasteiger partial charge in [0.25, 0.3) is 0 Å². The molecule has 4 rings (SSSR count). The van der Waals surface area contributed by atoms with E-state index in [2.05, 4.69) is 41.5 Å². The Kier molecular flexibility index (Phi) is 6.07. The van der Waals surface area contributed by atoms with Crippen molar-refractivity contribution in [2.45, 2.75) is 113 Å². The second kappa shape index (κ2) is 8.09. The van der Waals surface area contributed by atoms with Gasteiger partial charge in [0, 0.05) is 17.4 Å². The molecule has 0 amide bonds. The van der Waals surface area contributed by atoms with E-state index >= 15 is 0 Å². The van der Waals surface area contributed by atoms with E-state index in [4.69, 9.17) is 5.11 Å². The lowest BCUT2D eigenvalue weighted by Crippen LogP contribution is -2.53. The van der Waals surface area contributed by atoms with Crippen molar-refractivity contribution >= 4 is 11.8 Å². The van der Waals surface area contributed by atoms with Gasteiger partial charge in [-0.05, 0) is 98.7 Å². The quantitative estimate of drug-likeness (QED) is 0.341. The van der Waals surface area contributed by atoms with Gasteiger partial charge < -0.3 is 5.11 Å². The maximum atomic E-state index is 12.8. The van der Waals surface area contributed by atoms with Gasteiger partial charge >= 0.3 is 5.97 Å². The second-order valence-electron chi connectivity index (χ2n) is 13.3. The van der Waals surface area contributed by atoms with Crippen molar-refractivity contribution in [3.8, 4) is 0 Å². The molecule has 0 aliphatic heterocycles. The molecule has 0 saturated heterocycles. The van der Waals surface area contributed by atoms with Crippen molar-refractivity contribution in [2.24, 2.45) is 39.4 Å². The molecule has 6 atom stereocenters. The molecule has 0 radical (unpaired) electrons. The molecule has 4 aliphatic rings. The maximum absolute atomic E-state index is 12.8. The third-order valence-corrected chi connectivity index (χ3v) is 11.7. The Balaban J connectivity index is 1.61. The van der Waals surface area contributed by atoms with Crippen LogP contribution in [0.15, 0.2) is 22.8 Å². The normalized spacial score (nSPS) is 41.3. The summed E-state index contributed by atoms with van der Waals surface area (Å²) < 4.78 is 0. The van der Waals surface area contributed by atoms with Gasteiger partial charge in [0.15, 0.2) is 0 Å². The van der Waals surface area contributed by atoms with Crippen molar-refractivity contribution in [1.29, 1.82) is 0 Å². The van der Waals surface area contributed by atoms with Gasteiger partial charge in [-0.15, -0.1) is 0 Å². The summed E-state index contributed by atoms with van der Waals surface area (Å²) in [6, 6.07) is 0. The van der Waals surface area contributed by atoms with Gasteiger partial charge in [0.2, 0.25) is 0 Å². The molecule has 1 N–H and O–H groups in total. The largest absolute Gasteiger partial charge is 0.478 e. The zero-order chi connectivity index (χ0) is 24.4. The average Bonchev–Trinajstić information content (AvgIpc) is 3.02. The first-order chi connectivity index (χ1) is 15.3. The predicted octanol–water partition coefficient (Wildman–Crippen LogP) is 7.75. The highest BCUT2D eigenvalue weighted by molar-refractivity contribution is 5.86. The minimum absolute atomic E-state index is 0.193. The number of carboxylic acids is 1. The Morgan fingerprint density at radius 1 is 1.03 bits per heavy atom. The molecule has 1 unspecified atom stereocenters. The Labute approximate surface area is 201 Å². The zero-order valence-electron chi connectivity index (χ0n) is 22.1. The molecule has 33 heavy (non-hydrogen) atoms. The van der Waals surface area contributed by atoms with E-state index in [0.29, 0.717) is 34.5 Å². The summed E-state index contributed by atoms with van der Waals surface area (Å²) in [4.78, 5) is 23.9. The first kappa shape index (κ1) is 24.7. The van der Waals surface area contributed by atoms with Crippen molar-refractivity contribution < 1.29 is 14.7 Å². The minimum atomic E-state index is -0.800. The van der Waals surface area contributed by atoms with Crippen LogP contribution in [0.3, 0.4) is 0 Å². The van der Waals surface area contributed by atoms with Crippen LogP contribution in [0.25, 0.3) is 0 Å². The molecule has 0 spiro atoms. The summed E-state index contributed by atoms with van der Waals surface area (Å²) >= 11 is 0. The number of fused-ring (bicyclic) bond motifs is 4. The lowest BCUT2D eigenvalue weighted by atomic mass is 9.43. The second-order valence-corrected chi connectivity index (χ2v) is 13.3. The van der Waals surface area contributed by atoms with E-state index in [9.17, 15) is 9.59 Å². The summed E-state index contributed by atoms with van der Waals surface area (Å²) in [6.45, 7) is 16.2. The molecule has 3 nitrogen and oxygen atoms in total. The standard InChI is InChI=1S/C30H46O3/c1-19(9-8-10-20(2)26(32)33)21-13-17-30(7)23-11-12-24-27(3,4)25(31)15-16-28(24,5)22(23)14-18-29(21,30)6/h10,19,21,24H,8-9,11-18H2,1-7H3,(H,32,33)/t19-,21-,24?,28-,29-,30+/m1/s1. The third-order valence-electron chi connectivity index (χ3n) is 11.7. The van der Waals surface area contributed by atoms with Crippen LogP contribution in [0, 0.1) is 39.4 Å².